The first-order chi connectivity index (χ1) is 10.8. The molecule has 1 atom stereocenters. The molecule has 23 heavy (non-hydrogen) atoms. The van der Waals surface area contributed by atoms with E-state index >= 15 is 0 Å². The number of halogens is 4. The highest BCUT2D eigenvalue weighted by molar-refractivity contribution is 6.33. The zero-order valence-electron chi connectivity index (χ0n) is 12.3. The van der Waals surface area contributed by atoms with Gasteiger partial charge in [-0.3, -0.25) is 4.79 Å². The molecule has 0 aliphatic heterocycles. The third kappa shape index (κ3) is 4.73. The highest BCUT2D eigenvalue weighted by Crippen LogP contribution is 2.34. The summed E-state index contributed by atoms with van der Waals surface area (Å²) in [5.74, 6) is -0.441. The van der Waals surface area contributed by atoms with Gasteiger partial charge < -0.3 is 5.32 Å². The van der Waals surface area contributed by atoms with Gasteiger partial charge >= 0.3 is 6.18 Å². The van der Waals surface area contributed by atoms with E-state index in [4.69, 9.17) is 11.6 Å². The van der Waals surface area contributed by atoms with Gasteiger partial charge in [0.15, 0.2) is 0 Å². The maximum atomic E-state index is 12.7. The molecule has 0 aromatic heterocycles. The Morgan fingerprint density at radius 1 is 1.17 bits per heavy atom. The van der Waals surface area contributed by atoms with E-state index in [9.17, 15) is 18.0 Å². The number of hydrogen-bond acceptors (Lipinski definition) is 1. The van der Waals surface area contributed by atoms with Crippen LogP contribution in [0.15, 0.2) is 48.5 Å². The predicted molar refractivity (Wildman–Crippen MR) is 84.6 cm³/mol. The van der Waals surface area contributed by atoms with Crippen LogP contribution >= 0.6 is 11.6 Å². The third-order valence-corrected chi connectivity index (χ3v) is 3.76. The molecule has 0 radical (unpaired) electrons. The lowest BCUT2D eigenvalue weighted by atomic mass is 9.97. The van der Waals surface area contributed by atoms with Gasteiger partial charge in [-0.1, -0.05) is 48.9 Å². The SMILES string of the molecule is C[C@@H](CC(=O)Nc1cc(C(F)(F)F)ccc1Cl)c1ccccc1. The first-order valence-electron chi connectivity index (χ1n) is 6.99. The number of alkyl halides is 3. The molecule has 0 bridgehead atoms. The Balaban J connectivity index is 2.08. The Morgan fingerprint density at radius 2 is 1.83 bits per heavy atom. The molecule has 2 aromatic carbocycles. The van der Waals surface area contributed by atoms with Crippen molar-refractivity contribution in [3.63, 3.8) is 0 Å². The first-order valence-corrected chi connectivity index (χ1v) is 7.36. The summed E-state index contributed by atoms with van der Waals surface area (Å²) < 4.78 is 38.1. The smallest absolute Gasteiger partial charge is 0.325 e. The standard InChI is InChI=1S/C17H15ClF3NO/c1-11(12-5-3-2-4-6-12)9-16(23)22-15-10-13(17(19,20)21)7-8-14(15)18/h2-8,10-11H,9H2,1H3,(H,22,23)/t11-/m0/s1. The average molecular weight is 342 g/mol. The molecule has 122 valence electrons. The number of carbonyl (C=O) groups excluding carboxylic acids is 1. The van der Waals surface area contributed by atoms with Gasteiger partial charge in [0.05, 0.1) is 16.3 Å². The molecule has 0 saturated carbocycles. The van der Waals surface area contributed by atoms with E-state index in [0.717, 1.165) is 23.8 Å². The highest BCUT2D eigenvalue weighted by atomic mass is 35.5. The minimum absolute atomic E-state index is 0.0354. The highest BCUT2D eigenvalue weighted by Gasteiger charge is 2.31. The van der Waals surface area contributed by atoms with Gasteiger partial charge in [-0.2, -0.15) is 13.2 Å². The van der Waals surface area contributed by atoms with E-state index in [1.165, 1.54) is 0 Å². The van der Waals surface area contributed by atoms with Gasteiger partial charge in [0.25, 0.3) is 0 Å². The zero-order chi connectivity index (χ0) is 17.0. The van der Waals surface area contributed by atoms with Crippen LogP contribution in [0.2, 0.25) is 5.02 Å². The maximum Gasteiger partial charge on any atom is 0.416 e. The lowest BCUT2D eigenvalue weighted by Crippen LogP contribution is -2.15. The van der Waals surface area contributed by atoms with E-state index < -0.39 is 11.7 Å². The van der Waals surface area contributed by atoms with E-state index in [0.29, 0.717) is 0 Å². The van der Waals surface area contributed by atoms with Crippen molar-refractivity contribution in [3.05, 3.63) is 64.7 Å². The second-order valence-electron chi connectivity index (χ2n) is 5.26. The molecule has 0 spiro atoms. The molecule has 0 aliphatic rings. The zero-order valence-corrected chi connectivity index (χ0v) is 13.1. The van der Waals surface area contributed by atoms with Crippen molar-refractivity contribution in [2.75, 3.05) is 5.32 Å². The second kappa shape index (κ2) is 7.04. The van der Waals surface area contributed by atoms with E-state index in [1.807, 2.05) is 37.3 Å². The van der Waals surface area contributed by atoms with Crippen molar-refractivity contribution in [1.29, 1.82) is 0 Å². The summed E-state index contributed by atoms with van der Waals surface area (Å²) in [7, 11) is 0. The first kappa shape index (κ1) is 17.3. The average Bonchev–Trinajstić information content (AvgIpc) is 2.49. The van der Waals surface area contributed by atoms with Crippen LogP contribution in [0, 0.1) is 0 Å². The fraction of sp³-hybridized carbons (Fsp3) is 0.235. The van der Waals surface area contributed by atoms with Crippen molar-refractivity contribution >= 4 is 23.2 Å². The third-order valence-electron chi connectivity index (χ3n) is 3.43. The molecule has 2 rings (SSSR count). The van der Waals surface area contributed by atoms with E-state index in [1.54, 1.807) is 0 Å². The lowest BCUT2D eigenvalue weighted by molar-refractivity contribution is -0.137. The molecule has 0 aliphatic carbocycles. The Morgan fingerprint density at radius 3 is 2.43 bits per heavy atom. The molecule has 1 N–H and O–H groups in total. The van der Waals surface area contributed by atoms with Crippen molar-refractivity contribution in [3.8, 4) is 0 Å². The summed E-state index contributed by atoms with van der Waals surface area (Å²) in [6.45, 7) is 1.88. The van der Waals surface area contributed by atoms with Gasteiger partial charge in [0, 0.05) is 6.42 Å². The van der Waals surface area contributed by atoms with Crippen LogP contribution in [0.5, 0.6) is 0 Å². The Kier molecular flexibility index (Phi) is 5.31. The van der Waals surface area contributed by atoms with Crippen molar-refractivity contribution in [2.45, 2.75) is 25.4 Å². The fourth-order valence-electron chi connectivity index (χ4n) is 2.18. The molecular weight excluding hydrogens is 327 g/mol. The maximum absolute atomic E-state index is 12.7. The number of amides is 1. The Hall–Kier alpha value is -2.01. The summed E-state index contributed by atoms with van der Waals surface area (Å²) in [6, 6.07) is 12.3. The summed E-state index contributed by atoms with van der Waals surface area (Å²) in [6.07, 6.45) is -4.34. The molecule has 0 heterocycles. The number of carbonyl (C=O) groups is 1. The molecular formula is C17H15ClF3NO. The molecule has 2 aromatic rings. The van der Waals surface area contributed by atoms with Gasteiger partial charge in [-0.15, -0.1) is 0 Å². The summed E-state index contributed by atoms with van der Waals surface area (Å²) >= 11 is 5.86. The van der Waals surface area contributed by atoms with Crippen molar-refractivity contribution in [2.24, 2.45) is 0 Å². The van der Waals surface area contributed by atoms with E-state index in [-0.39, 0.29) is 29.0 Å². The quantitative estimate of drug-likeness (QED) is 0.782. The fourth-order valence-corrected chi connectivity index (χ4v) is 2.34. The molecule has 0 unspecified atom stereocenters. The topological polar surface area (TPSA) is 29.1 Å². The van der Waals surface area contributed by atoms with Crippen LogP contribution in [-0.2, 0) is 11.0 Å². The van der Waals surface area contributed by atoms with Gasteiger partial charge in [-0.25, -0.2) is 0 Å². The summed E-state index contributed by atoms with van der Waals surface area (Å²) in [4.78, 5) is 12.1. The monoisotopic (exact) mass is 341 g/mol. The van der Waals surface area contributed by atoms with Crippen molar-refractivity contribution < 1.29 is 18.0 Å². The number of nitrogens with one attached hydrogen (secondary N) is 1. The lowest BCUT2D eigenvalue weighted by Gasteiger charge is -2.14. The van der Waals surface area contributed by atoms with Crippen LogP contribution < -0.4 is 5.32 Å². The molecule has 0 saturated heterocycles. The van der Waals surface area contributed by atoms with Crippen LogP contribution in [0.25, 0.3) is 0 Å². The minimum atomic E-state index is -4.48. The summed E-state index contributed by atoms with van der Waals surface area (Å²) in [5.41, 5.74) is 0.0952. The Bertz CT molecular complexity index is 686. The molecule has 2 nitrogen and oxygen atoms in total. The van der Waals surface area contributed by atoms with Gasteiger partial charge in [-0.05, 0) is 29.7 Å². The van der Waals surface area contributed by atoms with Crippen molar-refractivity contribution in [1.82, 2.24) is 0 Å². The van der Waals surface area contributed by atoms with E-state index in [2.05, 4.69) is 5.32 Å². The number of benzene rings is 2. The molecule has 1 amide bonds. The molecule has 0 fully saturated rings. The number of hydrogen-bond donors (Lipinski definition) is 1. The predicted octanol–water partition coefficient (Wildman–Crippen LogP) is 5.49. The van der Waals surface area contributed by atoms with Gasteiger partial charge in [0.2, 0.25) is 5.91 Å². The molecule has 6 heteroatoms. The minimum Gasteiger partial charge on any atom is -0.325 e. The second-order valence-corrected chi connectivity index (χ2v) is 5.66. The van der Waals surface area contributed by atoms with Crippen LogP contribution in [0.1, 0.15) is 30.4 Å². The van der Waals surface area contributed by atoms with Crippen LogP contribution in [0.3, 0.4) is 0 Å². The normalized spacial score (nSPS) is 12.7. The Labute approximate surface area is 137 Å². The van der Waals surface area contributed by atoms with Gasteiger partial charge in [0.1, 0.15) is 0 Å². The number of anilines is 1. The number of rotatable bonds is 4. The van der Waals surface area contributed by atoms with Crippen LogP contribution in [0.4, 0.5) is 18.9 Å². The van der Waals surface area contributed by atoms with Crippen LogP contribution in [-0.4, -0.2) is 5.91 Å². The summed E-state index contributed by atoms with van der Waals surface area (Å²) in [5, 5.41) is 2.52. The largest absolute Gasteiger partial charge is 0.416 e.